The van der Waals surface area contributed by atoms with Crippen LogP contribution >= 0.6 is 0 Å². The van der Waals surface area contributed by atoms with Gasteiger partial charge in [-0.05, 0) is 44.9 Å². The highest BCUT2D eigenvalue weighted by molar-refractivity contribution is 7.86. The van der Waals surface area contributed by atoms with E-state index in [0.717, 1.165) is 19.9 Å². The highest BCUT2D eigenvalue weighted by Gasteiger charge is 2.24. The van der Waals surface area contributed by atoms with E-state index in [9.17, 15) is 36.5 Å². The van der Waals surface area contributed by atoms with E-state index in [2.05, 4.69) is 5.23 Å². The van der Waals surface area contributed by atoms with Gasteiger partial charge in [0.1, 0.15) is 5.60 Å². The van der Waals surface area contributed by atoms with Crippen LogP contribution in [0.4, 0.5) is 5.69 Å². The molecule has 40 heavy (non-hydrogen) atoms. The van der Waals surface area contributed by atoms with E-state index in [0.29, 0.717) is 11.7 Å². The van der Waals surface area contributed by atoms with Gasteiger partial charge >= 0.3 is 5.97 Å². The zero-order chi connectivity index (χ0) is 30.6. The molecule has 1 aromatic carbocycles. The van der Waals surface area contributed by atoms with Crippen molar-refractivity contribution in [2.24, 2.45) is 0 Å². The van der Waals surface area contributed by atoms with Gasteiger partial charge in [-0.2, -0.15) is 21.9 Å². The molecule has 0 spiro atoms. The number of hydrogen-bond donors (Lipinski definition) is 1. The van der Waals surface area contributed by atoms with Crippen molar-refractivity contribution < 1.29 is 49.3 Å². The Bertz CT molecular complexity index is 1180. The summed E-state index contributed by atoms with van der Waals surface area (Å²) in [6, 6.07) is 3.52. The molecule has 1 atom stereocenters. The number of ether oxygens (including phenoxy) is 1. The van der Waals surface area contributed by atoms with Crippen LogP contribution in [0, 0.1) is 10.1 Å². The number of benzene rings is 1. The molecule has 0 aliphatic carbocycles. The van der Waals surface area contributed by atoms with Gasteiger partial charge in [-0.3, -0.25) is 28.1 Å². The second kappa shape index (κ2) is 16.1. The topological polar surface area (TPSA) is 198 Å². The molecule has 15 nitrogen and oxygen atoms in total. The minimum absolute atomic E-state index is 0.0121. The van der Waals surface area contributed by atoms with Gasteiger partial charge in [0.15, 0.2) is 0 Å². The lowest BCUT2D eigenvalue weighted by Crippen LogP contribution is -2.38. The number of carbonyl (C=O) groups is 2. The van der Waals surface area contributed by atoms with Crippen LogP contribution in [-0.2, 0) is 60.8 Å². The summed E-state index contributed by atoms with van der Waals surface area (Å²) < 4.78 is 59.7. The van der Waals surface area contributed by atoms with Gasteiger partial charge in [0.2, 0.25) is 0 Å². The molecule has 1 N–H and O–H groups in total. The lowest BCUT2D eigenvalue weighted by molar-refractivity contribution is -0.385. The van der Waals surface area contributed by atoms with Crippen LogP contribution in [0.2, 0.25) is 0 Å². The second-order valence-corrected chi connectivity index (χ2v) is 12.9. The Morgan fingerprint density at radius 1 is 1.12 bits per heavy atom. The highest BCUT2D eigenvalue weighted by Crippen LogP contribution is 2.23. The predicted octanol–water partition coefficient (Wildman–Crippen LogP) is 0.323. The number of carbonyl (C=O) groups excluding carboxylic acids is 2. The summed E-state index contributed by atoms with van der Waals surface area (Å²) >= 11 is 0. The zero-order valence-corrected chi connectivity index (χ0v) is 24.7. The molecule has 0 unspecified atom stereocenters. The fraction of sp³-hybridized carbons (Fsp3) is 0.636. The van der Waals surface area contributed by atoms with E-state index in [1.165, 1.54) is 23.3 Å². The summed E-state index contributed by atoms with van der Waals surface area (Å²) in [5.74, 6) is -0.560. The molecule has 0 saturated heterocycles. The smallest absolute Gasteiger partial charge is 0.307 e. The number of nitrogens with one attached hydrogen (secondary N) is 1. The van der Waals surface area contributed by atoms with E-state index < -0.39 is 42.8 Å². The number of nitro benzene ring substituents is 1. The first-order valence-electron chi connectivity index (χ1n) is 12.0. The Balaban J connectivity index is 3.07. The Labute approximate surface area is 235 Å². The molecule has 1 radical (unpaired) electrons. The van der Waals surface area contributed by atoms with Crippen molar-refractivity contribution in [3.8, 4) is 0 Å². The second-order valence-electron chi connectivity index (χ2n) is 9.64. The lowest BCUT2D eigenvalue weighted by Gasteiger charge is -2.23. The van der Waals surface area contributed by atoms with Gasteiger partial charge in [-0.15, -0.1) is 0 Å². The van der Waals surface area contributed by atoms with Crippen molar-refractivity contribution in [2.45, 2.75) is 51.9 Å². The maximum Gasteiger partial charge on any atom is 0.307 e. The standard InChI is InChI=1S/C22H35BN3O12S2/c1-22(2,3)38-21(28)14-19(24-23-16-27)13-18-12-17(6-7-20(18)26(29)30)15-35-25(8-10-36-39(4,31)32)9-11-37-40(5,33)34/h6-7,12,16,19,24H,8-11,13-15H2,1-5H3/t19-/m0/s1. The molecule has 0 aromatic heterocycles. The maximum absolute atomic E-state index is 12.4. The predicted molar refractivity (Wildman–Crippen MR) is 145 cm³/mol. The number of hydroxylamine groups is 2. The van der Waals surface area contributed by atoms with Crippen molar-refractivity contribution in [3.05, 3.63) is 39.4 Å². The fourth-order valence-electron chi connectivity index (χ4n) is 3.27. The van der Waals surface area contributed by atoms with E-state index in [-0.39, 0.29) is 57.0 Å². The van der Waals surface area contributed by atoms with Crippen molar-refractivity contribution in [3.63, 3.8) is 0 Å². The van der Waals surface area contributed by atoms with Crippen molar-refractivity contribution in [2.75, 3.05) is 38.8 Å². The number of hydrogen-bond acceptors (Lipinski definition) is 14. The first-order valence-corrected chi connectivity index (χ1v) is 15.6. The lowest BCUT2D eigenvalue weighted by atomic mass is 9.92. The molecular weight excluding hydrogens is 573 g/mol. The summed E-state index contributed by atoms with van der Waals surface area (Å²) in [5.41, 5.74) is -0.234. The molecule has 0 fully saturated rings. The molecule has 0 aliphatic heterocycles. The first-order chi connectivity index (χ1) is 18.4. The van der Waals surface area contributed by atoms with E-state index in [4.69, 9.17) is 17.9 Å². The molecule has 1 aromatic rings. The van der Waals surface area contributed by atoms with Crippen molar-refractivity contribution in [1.82, 2.24) is 10.3 Å². The van der Waals surface area contributed by atoms with Gasteiger partial charge in [-0.1, -0.05) is 0 Å². The molecule has 0 aliphatic rings. The Morgan fingerprint density at radius 2 is 1.70 bits per heavy atom. The molecule has 18 heteroatoms. The SMILES string of the molecule is CC(C)(C)OC(=O)C[C@H](Cc1cc(CON(CCOS(C)(=O)=O)CCOS(C)(=O)=O)ccc1[N+](=O)[O-])N[B]C=O. The van der Waals surface area contributed by atoms with Crippen LogP contribution < -0.4 is 5.23 Å². The average molecular weight is 608 g/mol. The summed E-state index contributed by atoms with van der Waals surface area (Å²) in [4.78, 5) is 40.0. The maximum atomic E-state index is 12.4. The molecular formula is C22H35BN3O12S2. The monoisotopic (exact) mass is 608 g/mol. The van der Waals surface area contributed by atoms with Gasteiger partial charge in [0.25, 0.3) is 33.3 Å². The van der Waals surface area contributed by atoms with Gasteiger partial charge < -0.3 is 14.8 Å². The third-order valence-electron chi connectivity index (χ3n) is 4.73. The van der Waals surface area contributed by atoms with E-state index in [1.807, 2.05) is 0 Å². The third kappa shape index (κ3) is 16.6. The molecule has 225 valence electrons. The first kappa shape index (κ1) is 35.6. The Morgan fingerprint density at radius 3 is 2.17 bits per heavy atom. The van der Waals surface area contributed by atoms with Crippen LogP contribution in [0.1, 0.15) is 38.3 Å². The minimum Gasteiger partial charge on any atom is -0.460 e. The average Bonchev–Trinajstić information content (AvgIpc) is 2.77. The summed E-state index contributed by atoms with van der Waals surface area (Å²) in [6.07, 6.45) is 2.05. The van der Waals surface area contributed by atoms with Crippen LogP contribution in [-0.4, -0.2) is 96.8 Å². The van der Waals surface area contributed by atoms with Crippen LogP contribution in [0.25, 0.3) is 0 Å². The number of nitro groups is 1. The van der Waals surface area contributed by atoms with Crippen molar-refractivity contribution >= 4 is 45.5 Å². The Kier molecular flexibility index (Phi) is 14.3. The highest BCUT2D eigenvalue weighted by atomic mass is 32.2. The van der Waals surface area contributed by atoms with Crippen molar-refractivity contribution in [1.29, 1.82) is 0 Å². The molecule has 1 rings (SSSR count). The summed E-state index contributed by atoms with van der Waals surface area (Å²) in [6.45, 7) is 4.26. The quantitative estimate of drug-likeness (QED) is 0.0563. The zero-order valence-electron chi connectivity index (χ0n) is 23.0. The van der Waals surface area contributed by atoms with Crippen LogP contribution in [0.3, 0.4) is 0 Å². The number of rotatable bonds is 19. The number of esters is 1. The molecule has 0 bridgehead atoms. The van der Waals surface area contributed by atoms with Gasteiger partial charge in [-0.25, -0.2) is 0 Å². The fourth-order valence-corrected chi connectivity index (χ4v) is 4.03. The number of nitrogens with zero attached hydrogens (tertiary/aromatic N) is 2. The summed E-state index contributed by atoms with van der Waals surface area (Å²) in [7, 11) is -6.36. The normalized spacial score (nSPS) is 13.2. The molecule has 0 heterocycles. The van der Waals surface area contributed by atoms with E-state index in [1.54, 1.807) is 20.8 Å². The van der Waals surface area contributed by atoms with Crippen LogP contribution in [0.5, 0.6) is 0 Å². The minimum atomic E-state index is -3.72. The van der Waals surface area contributed by atoms with E-state index >= 15 is 0 Å². The van der Waals surface area contributed by atoms with Gasteiger partial charge in [0.05, 0.1) is 49.9 Å². The third-order valence-corrected chi connectivity index (χ3v) is 5.92. The molecule has 0 saturated carbocycles. The summed E-state index contributed by atoms with van der Waals surface area (Å²) in [5, 5.41) is 15.7. The largest absolute Gasteiger partial charge is 0.460 e. The molecule has 0 amide bonds. The van der Waals surface area contributed by atoms with Crippen LogP contribution in [0.15, 0.2) is 18.2 Å². The van der Waals surface area contributed by atoms with Gasteiger partial charge in [0, 0.05) is 30.8 Å². The Hall–Kier alpha value is -2.48.